The quantitative estimate of drug-likeness (QED) is 0.643. The van der Waals surface area contributed by atoms with E-state index in [9.17, 15) is 9.59 Å². The molecule has 0 bridgehead atoms. The highest BCUT2D eigenvalue weighted by molar-refractivity contribution is 5.49. The highest BCUT2D eigenvalue weighted by atomic mass is 16.5. The Morgan fingerprint density at radius 2 is 2.36 bits per heavy atom. The van der Waals surface area contributed by atoms with Crippen LogP contribution < -0.4 is 10.3 Å². The van der Waals surface area contributed by atoms with E-state index in [-0.39, 0.29) is 18.0 Å². The van der Waals surface area contributed by atoms with Gasteiger partial charge in [-0.25, -0.2) is 4.98 Å². The van der Waals surface area contributed by atoms with Crippen molar-refractivity contribution in [3.63, 3.8) is 0 Å². The zero-order valence-corrected chi connectivity index (χ0v) is 8.19. The van der Waals surface area contributed by atoms with Crippen LogP contribution in [0.25, 0.3) is 0 Å². The second-order valence-corrected chi connectivity index (χ2v) is 2.83. The lowest BCUT2D eigenvalue weighted by molar-refractivity contribution is -0.108. The SMILES string of the molecule is COc1nc(C)cc(=O)n1CCC=O. The van der Waals surface area contributed by atoms with Crippen molar-refractivity contribution in [2.75, 3.05) is 7.11 Å². The Hall–Kier alpha value is -1.65. The van der Waals surface area contributed by atoms with E-state index in [0.717, 1.165) is 6.29 Å². The maximum Gasteiger partial charge on any atom is 0.299 e. The lowest BCUT2D eigenvalue weighted by atomic mass is 10.4. The van der Waals surface area contributed by atoms with Gasteiger partial charge in [0.25, 0.3) is 11.6 Å². The first-order chi connectivity index (χ1) is 6.69. The molecule has 76 valence electrons. The molecule has 0 aliphatic heterocycles. The summed E-state index contributed by atoms with van der Waals surface area (Å²) in [6.45, 7) is 2.02. The number of carbonyl (C=O) groups excluding carboxylic acids is 1. The fourth-order valence-corrected chi connectivity index (χ4v) is 1.14. The van der Waals surface area contributed by atoms with Crippen LogP contribution in [0.15, 0.2) is 10.9 Å². The molecule has 1 aromatic rings. The largest absolute Gasteiger partial charge is 0.468 e. The number of nitrogens with zero attached hydrogens (tertiary/aromatic N) is 2. The number of aromatic nitrogens is 2. The van der Waals surface area contributed by atoms with Crippen molar-refractivity contribution >= 4 is 6.29 Å². The minimum atomic E-state index is -0.198. The Morgan fingerprint density at radius 3 is 2.93 bits per heavy atom. The molecule has 5 nitrogen and oxygen atoms in total. The normalized spacial score (nSPS) is 9.86. The van der Waals surface area contributed by atoms with Gasteiger partial charge in [0.2, 0.25) is 0 Å². The molecule has 1 aromatic heterocycles. The standard InChI is InChI=1S/C9H12N2O3/c1-7-6-8(13)11(4-3-5-12)9(10-7)14-2/h5-6H,3-4H2,1-2H3. The molecule has 0 spiro atoms. The number of aryl methyl sites for hydroxylation is 1. The van der Waals surface area contributed by atoms with Crippen LogP contribution in [0, 0.1) is 6.92 Å². The van der Waals surface area contributed by atoms with Crippen molar-refractivity contribution in [1.82, 2.24) is 9.55 Å². The van der Waals surface area contributed by atoms with Crippen LogP contribution in [0.4, 0.5) is 0 Å². The van der Waals surface area contributed by atoms with Crippen molar-refractivity contribution in [2.24, 2.45) is 0 Å². The van der Waals surface area contributed by atoms with E-state index in [2.05, 4.69) is 4.98 Å². The fraction of sp³-hybridized carbons (Fsp3) is 0.444. The zero-order chi connectivity index (χ0) is 10.6. The van der Waals surface area contributed by atoms with Crippen LogP contribution in [-0.2, 0) is 11.3 Å². The van der Waals surface area contributed by atoms with Crippen LogP contribution in [-0.4, -0.2) is 22.9 Å². The lowest BCUT2D eigenvalue weighted by Crippen LogP contribution is -2.22. The number of aldehydes is 1. The molecule has 0 aliphatic rings. The average molecular weight is 196 g/mol. The molecule has 1 heterocycles. The van der Waals surface area contributed by atoms with E-state index in [1.54, 1.807) is 6.92 Å². The third-order valence-corrected chi connectivity index (χ3v) is 1.75. The van der Waals surface area contributed by atoms with Crippen LogP contribution in [0.5, 0.6) is 6.01 Å². The summed E-state index contributed by atoms with van der Waals surface area (Å²) >= 11 is 0. The molecule has 0 N–H and O–H groups in total. The second-order valence-electron chi connectivity index (χ2n) is 2.83. The molecule has 0 saturated heterocycles. The average Bonchev–Trinajstić information content (AvgIpc) is 2.15. The highest BCUT2D eigenvalue weighted by Gasteiger charge is 2.05. The Labute approximate surface area is 81.3 Å². The van der Waals surface area contributed by atoms with Gasteiger partial charge in [0.05, 0.1) is 7.11 Å². The Bertz CT molecular complexity index is 384. The third-order valence-electron chi connectivity index (χ3n) is 1.75. The van der Waals surface area contributed by atoms with Crippen molar-refractivity contribution in [3.05, 3.63) is 22.1 Å². The van der Waals surface area contributed by atoms with E-state index >= 15 is 0 Å². The van der Waals surface area contributed by atoms with Crippen LogP contribution in [0.1, 0.15) is 12.1 Å². The molecule has 0 saturated carbocycles. The highest BCUT2D eigenvalue weighted by Crippen LogP contribution is 2.04. The summed E-state index contributed by atoms with van der Waals surface area (Å²) in [5.74, 6) is 0. The molecule has 5 heteroatoms. The summed E-state index contributed by atoms with van der Waals surface area (Å²) in [6, 6.07) is 1.66. The van der Waals surface area contributed by atoms with Crippen LogP contribution in [0.3, 0.4) is 0 Å². The van der Waals surface area contributed by atoms with Crippen molar-refractivity contribution in [3.8, 4) is 6.01 Å². The van der Waals surface area contributed by atoms with Gasteiger partial charge in [-0.2, -0.15) is 0 Å². The van der Waals surface area contributed by atoms with Crippen molar-refractivity contribution in [1.29, 1.82) is 0 Å². The monoisotopic (exact) mass is 196 g/mol. The predicted molar refractivity (Wildman–Crippen MR) is 50.5 cm³/mol. The van der Waals surface area contributed by atoms with E-state index in [0.29, 0.717) is 12.2 Å². The summed E-state index contributed by atoms with van der Waals surface area (Å²) in [7, 11) is 1.44. The number of hydrogen-bond donors (Lipinski definition) is 0. The zero-order valence-electron chi connectivity index (χ0n) is 8.19. The van der Waals surface area contributed by atoms with E-state index in [1.165, 1.54) is 17.7 Å². The van der Waals surface area contributed by atoms with Gasteiger partial charge >= 0.3 is 0 Å². The molecule has 14 heavy (non-hydrogen) atoms. The maximum atomic E-state index is 11.5. The fourth-order valence-electron chi connectivity index (χ4n) is 1.14. The topological polar surface area (TPSA) is 61.2 Å². The Morgan fingerprint density at radius 1 is 1.64 bits per heavy atom. The molecular weight excluding hydrogens is 184 g/mol. The van der Waals surface area contributed by atoms with Crippen molar-refractivity contribution in [2.45, 2.75) is 19.9 Å². The number of carbonyl (C=O) groups is 1. The Kier molecular flexibility index (Phi) is 3.39. The van der Waals surface area contributed by atoms with Gasteiger partial charge < -0.3 is 9.53 Å². The molecular formula is C9H12N2O3. The number of hydrogen-bond acceptors (Lipinski definition) is 4. The predicted octanol–water partition coefficient (Wildman–Crippen LogP) is 0.149. The van der Waals surface area contributed by atoms with Crippen LogP contribution in [0.2, 0.25) is 0 Å². The van der Waals surface area contributed by atoms with Crippen molar-refractivity contribution < 1.29 is 9.53 Å². The van der Waals surface area contributed by atoms with Crippen LogP contribution >= 0.6 is 0 Å². The minimum Gasteiger partial charge on any atom is -0.468 e. The van der Waals surface area contributed by atoms with Gasteiger partial charge in [-0.05, 0) is 6.92 Å². The summed E-state index contributed by atoms with van der Waals surface area (Å²) in [4.78, 5) is 25.7. The third kappa shape index (κ3) is 2.18. The molecule has 0 unspecified atom stereocenters. The molecule has 0 aliphatic carbocycles. The smallest absolute Gasteiger partial charge is 0.299 e. The molecule has 0 fully saturated rings. The van der Waals surface area contributed by atoms with Gasteiger partial charge in [-0.15, -0.1) is 0 Å². The van der Waals surface area contributed by atoms with Gasteiger partial charge in [0.1, 0.15) is 6.29 Å². The van der Waals surface area contributed by atoms with Gasteiger partial charge in [-0.1, -0.05) is 0 Å². The van der Waals surface area contributed by atoms with E-state index < -0.39 is 0 Å². The van der Waals surface area contributed by atoms with E-state index in [4.69, 9.17) is 4.74 Å². The number of methoxy groups -OCH3 is 1. The molecule has 0 radical (unpaired) electrons. The van der Waals surface area contributed by atoms with E-state index in [1.807, 2.05) is 0 Å². The number of rotatable bonds is 4. The maximum absolute atomic E-state index is 11.5. The van der Waals surface area contributed by atoms with Gasteiger partial charge in [0.15, 0.2) is 0 Å². The summed E-state index contributed by atoms with van der Waals surface area (Å²) in [5.41, 5.74) is 0.408. The lowest BCUT2D eigenvalue weighted by Gasteiger charge is -2.08. The van der Waals surface area contributed by atoms with Gasteiger partial charge in [-0.3, -0.25) is 9.36 Å². The first kappa shape index (κ1) is 10.4. The first-order valence-corrected chi connectivity index (χ1v) is 4.25. The molecule has 0 aromatic carbocycles. The molecule has 1 rings (SSSR count). The minimum absolute atomic E-state index is 0.198. The Balaban J connectivity index is 3.11. The molecule has 0 atom stereocenters. The molecule has 0 amide bonds. The van der Waals surface area contributed by atoms with Gasteiger partial charge in [0, 0.05) is 24.7 Å². The number of ether oxygens (including phenoxy) is 1. The first-order valence-electron chi connectivity index (χ1n) is 4.25. The second kappa shape index (κ2) is 4.55. The summed E-state index contributed by atoms with van der Waals surface area (Å²) in [5, 5.41) is 0. The summed E-state index contributed by atoms with van der Waals surface area (Å²) < 4.78 is 6.27. The summed E-state index contributed by atoms with van der Waals surface area (Å²) in [6.07, 6.45) is 1.03.